The van der Waals surface area contributed by atoms with Crippen molar-refractivity contribution in [1.82, 2.24) is 0 Å². The molecule has 0 unspecified atom stereocenters. The quantitative estimate of drug-likeness (QED) is 0.726. The number of anilines is 1. The molecule has 0 heterocycles. The SMILES string of the molecule is Cc1cccc(C)c1NC(=O)[C@@H](C)Oc1ccc(Br)cc1Br. The Kier molecular flexibility index (Phi) is 5.64. The molecular formula is C17H17Br2NO2. The van der Waals surface area contributed by atoms with Crippen LogP contribution in [-0.4, -0.2) is 12.0 Å². The Morgan fingerprint density at radius 3 is 2.36 bits per heavy atom. The number of nitrogens with one attached hydrogen (secondary N) is 1. The summed E-state index contributed by atoms with van der Waals surface area (Å²) in [5, 5.41) is 2.94. The highest BCUT2D eigenvalue weighted by Crippen LogP contribution is 2.29. The van der Waals surface area contributed by atoms with Crippen LogP contribution < -0.4 is 10.1 Å². The van der Waals surface area contributed by atoms with E-state index < -0.39 is 6.10 Å². The van der Waals surface area contributed by atoms with Gasteiger partial charge in [0.25, 0.3) is 5.91 Å². The Morgan fingerprint density at radius 1 is 1.14 bits per heavy atom. The van der Waals surface area contributed by atoms with Gasteiger partial charge >= 0.3 is 0 Å². The fourth-order valence-electron chi connectivity index (χ4n) is 2.05. The molecule has 0 bridgehead atoms. The zero-order chi connectivity index (χ0) is 16.3. The fraction of sp³-hybridized carbons (Fsp3) is 0.235. The number of hydrogen-bond donors (Lipinski definition) is 1. The number of para-hydroxylation sites is 1. The standard InChI is InChI=1S/C17H17Br2NO2/c1-10-5-4-6-11(2)16(10)20-17(21)12(3)22-15-8-7-13(18)9-14(15)19/h4-9,12H,1-3H3,(H,20,21)/t12-/m1/s1. The van der Waals surface area contributed by atoms with Crippen LogP contribution in [0.2, 0.25) is 0 Å². The summed E-state index contributed by atoms with van der Waals surface area (Å²) < 4.78 is 7.48. The molecule has 0 saturated heterocycles. The predicted molar refractivity (Wildman–Crippen MR) is 96.5 cm³/mol. The molecule has 2 rings (SSSR count). The highest BCUT2D eigenvalue weighted by atomic mass is 79.9. The van der Waals surface area contributed by atoms with Crippen molar-refractivity contribution in [3.63, 3.8) is 0 Å². The Balaban J connectivity index is 2.09. The molecule has 22 heavy (non-hydrogen) atoms. The first kappa shape index (κ1) is 17.0. The number of carbonyl (C=O) groups is 1. The lowest BCUT2D eigenvalue weighted by Crippen LogP contribution is -2.30. The molecule has 0 saturated carbocycles. The van der Waals surface area contributed by atoms with Gasteiger partial charge in [0.05, 0.1) is 4.47 Å². The molecule has 0 aromatic heterocycles. The Labute approximate surface area is 147 Å². The third-order valence-corrected chi connectivity index (χ3v) is 4.41. The molecule has 0 spiro atoms. The van der Waals surface area contributed by atoms with E-state index in [1.54, 1.807) is 6.92 Å². The maximum absolute atomic E-state index is 12.3. The van der Waals surface area contributed by atoms with Crippen LogP contribution in [0.3, 0.4) is 0 Å². The van der Waals surface area contributed by atoms with Crippen LogP contribution in [0.25, 0.3) is 0 Å². The topological polar surface area (TPSA) is 38.3 Å². The minimum atomic E-state index is -0.600. The monoisotopic (exact) mass is 425 g/mol. The smallest absolute Gasteiger partial charge is 0.265 e. The van der Waals surface area contributed by atoms with Crippen LogP contribution in [0.1, 0.15) is 18.1 Å². The van der Waals surface area contributed by atoms with Crippen LogP contribution in [0.5, 0.6) is 5.75 Å². The van der Waals surface area contributed by atoms with Gasteiger partial charge in [-0.3, -0.25) is 4.79 Å². The Morgan fingerprint density at radius 2 is 1.77 bits per heavy atom. The van der Waals surface area contributed by atoms with Crippen LogP contribution in [-0.2, 0) is 4.79 Å². The predicted octanol–water partition coefficient (Wildman–Crippen LogP) is 5.23. The summed E-state index contributed by atoms with van der Waals surface area (Å²) in [7, 11) is 0. The van der Waals surface area contributed by atoms with Crippen molar-refractivity contribution in [3.05, 3.63) is 56.5 Å². The van der Waals surface area contributed by atoms with Crippen molar-refractivity contribution in [2.24, 2.45) is 0 Å². The number of benzene rings is 2. The lowest BCUT2D eigenvalue weighted by atomic mass is 10.1. The first-order chi connectivity index (χ1) is 10.4. The summed E-state index contributed by atoms with van der Waals surface area (Å²) in [6.07, 6.45) is -0.600. The van der Waals surface area contributed by atoms with Gasteiger partial charge in [-0.25, -0.2) is 0 Å². The van der Waals surface area contributed by atoms with Crippen LogP contribution in [0.15, 0.2) is 45.3 Å². The van der Waals surface area contributed by atoms with E-state index in [0.29, 0.717) is 5.75 Å². The largest absolute Gasteiger partial charge is 0.480 e. The molecule has 1 atom stereocenters. The molecule has 5 heteroatoms. The number of ether oxygens (including phenoxy) is 1. The van der Waals surface area contributed by atoms with Crippen LogP contribution in [0.4, 0.5) is 5.69 Å². The van der Waals surface area contributed by atoms with E-state index in [4.69, 9.17) is 4.74 Å². The third kappa shape index (κ3) is 4.11. The second kappa shape index (κ2) is 7.29. The molecule has 0 fully saturated rings. The summed E-state index contributed by atoms with van der Waals surface area (Å²) in [5.41, 5.74) is 2.91. The number of amides is 1. The zero-order valence-corrected chi connectivity index (χ0v) is 15.8. The van der Waals surface area contributed by atoms with E-state index in [1.807, 2.05) is 50.2 Å². The van der Waals surface area contributed by atoms with E-state index in [1.165, 1.54) is 0 Å². The lowest BCUT2D eigenvalue weighted by Gasteiger charge is -2.17. The summed E-state index contributed by atoms with van der Waals surface area (Å²) in [4.78, 5) is 12.3. The molecule has 1 amide bonds. The molecule has 0 radical (unpaired) electrons. The van der Waals surface area contributed by atoms with Gasteiger partial charge in [-0.15, -0.1) is 0 Å². The summed E-state index contributed by atoms with van der Waals surface area (Å²) in [6.45, 7) is 5.68. The zero-order valence-electron chi connectivity index (χ0n) is 12.6. The highest BCUT2D eigenvalue weighted by molar-refractivity contribution is 9.11. The fourth-order valence-corrected chi connectivity index (χ4v) is 3.19. The van der Waals surface area contributed by atoms with Gasteiger partial charge in [0.1, 0.15) is 5.75 Å². The Bertz CT molecular complexity index is 681. The van der Waals surface area contributed by atoms with E-state index in [-0.39, 0.29) is 5.91 Å². The van der Waals surface area contributed by atoms with Gasteiger partial charge < -0.3 is 10.1 Å². The number of halogens is 2. The molecule has 0 aliphatic heterocycles. The molecule has 2 aromatic carbocycles. The minimum Gasteiger partial charge on any atom is -0.480 e. The van der Waals surface area contributed by atoms with Crippen molar-refractivity contribution in [3.8, 4) is 5.75 Å². The van der Waals surface area contributed by atoms with Crippen LogP contribution in [0, 0.1) is 13.8 Å². The average molecular weight is 427 g/mol. The van der Waals surface area contributed by atoms with Gasteiger partial charge in [0, 0.05) is 10.2 Å². The number of carbonyl (C=O) groups excluding carboxylic acids is 1. The molecule has 0 aliphatic carbocycles. The summed E-state index contributed by atoms with van der Waals surface area (Å²) in [6, 6.07) is 11.5. The van der Waals surface area contributed by atoms with Crippen molar-refractivity contribution in [1.29, 1.82) is 0 Å². The molecule has 2 aromatic rings. The van der Waals surface area contributed by atoms with E-state index in [9.17, 15) is 4.79 Å². The van der Waals surface area contributed by atoms with Crippen molar-refractivity contribution in [2.75, 3.05) is 5.32 Å². The average Bonchev–Trinajstić information content (AvgIpc) is 2.45. The van der Waals surface area contributed by atoms with Crippen LogP contribution >= 0.6 is 31.9 Å². The molecule has 116 valence electrons. The third-order valence-electron chi connectivity index (χ3n) is 3.30. The van der Waals surface area contributed by atoms with Gasteiger partial charge in [0.2, 0.25) is 0 Å². The van der Waals surface area contributed by atoms with Crippen molar-refractivity contribution in [2.45, 2.75) is 26.9 Å². The number of aryl methyl sites for hydroxylation is 2. The second-order valence-electron chi connectivity index (χ2n) is 5.09. The number of hydrogen-bond acceptors (Lipinski definition) is 2. The van der Waals surface area contributed by atoms with Crippen molar-refractivity contribution < 1.29 is 9.53 Å². The minimum absolute atomic E-state index is 0.174. The van der Waals surface area contributed by atoms with E-state index in [2.05, 4.69) is 37.2 Å². The first-order valence-corrected chi connectivity index (χ1v) is 8.46. The maximum Gasteiger partial charge on any atom is 0.265 e. The Hall–Kier alpha value is -1.33. The highest BCUT2D eigenvalue weighted by Gasteiger charge is 2.17. The lowest BCUT2D eigenvalue weighted by molar-refractivity contribution is -0.122. The summed E-state index contributed by atoms with van der Waals surface area (Å²) >= 11 is 6.81. The molecular weight excluding hydrogens is 410 g/mol. The van der Waals surface area contributed by atoms with E-state index >= 15 is 0 Å². The van der Waals surface area contributed by atoms with Gasteiger partial charge in [-0.2, -0.15) is 0 Å². The first-order valence-electron chi connectivity index (χ1n) is 6.87. The molecule has 0 aliphatic rings. The van der Waals surface area contributed by atoms with E-state index in [0.717, 1.165) is 25.8 Å². The normalized spacial score (nSPS) is 11.9. The molecule has 3 nitrogen and oxygen atoms in total. The van der Waals surface area contributed by atoms with Crippen molar-refractivity contribution >= 4 is 43.5 Å². The van der Waals surface area contributed by atoms with Gasteiger partial charge in [-0.05, 0) is 66.0 Å². The summed E-state index contributed by atoms with van der Waals surface area (Å²) in [5.74, 6) is 0.458. The van der Waals surface area contributed by atoms with Gasteiger partial charge in [0.15, 0.2) is 6.10 Å². The van der Waals surface area contributed by atoms with Gasteiger partial charge in [-0.1, -0.05) is 34.1 Å². The maximum atomic E-state index is 12.3. The molecule has 1 N–H and O–H groups in total. The second-order valence-corrected chi connectivity index (χ2v) is 6.86. The number of rotatable bonds is 4.